The highest BCUT2D eigenvalue weighted by Crippen LogP contribution is 2.35. The first-order valence-corrected chi connectivity index (χ1v) is 11.0. The Morgan fingerprint density at radius 2 is 1.74 bits per heavy atom. The van der Waals surface area contributed by atoms with Gasteiger partial charge in [-0.2, -0.15) is 0 Å². The van der Waals surface area contributed by atoms with E-state index in [1.54, 1.807) is 0 Å². The number of nitrogens with zero attached hydrogens (tertiary/aromatic N) is 2. The highest BCUT2D eigenvalue weighted by molar-refractivity contribution is 6.30. The van der Waals surface area contributed by atoms with Gasteiger partial charge in [-0.1, -0.05) is 54.1 Å². The monoisotopic (exact) mass is 433 g/mol. The molecule has 1 amide bonds. The van der Waals surface area contributed by atoms with Crippen LogP contribution >= 0.6 is 11.6 Å². The molecule has 1 aliphatic rings. The molecule has 1 N–H and O–H groups in total. The molecule has 4 rings (SSSR count). The lowest BCUT2D eigenvalue weighted by atomic mass is 10.0. The molecule has 1 atom stereocenters. The number of carbonyl (C=O) groups excluding carboxylic acids is 1. The van der Waals surface area contributed by atoms with Crippen molar-refractivity contribution in [2.75, 3.05) is 37.0 Å². The van der Waals surface area contributed by atoms with Gasteiger partial charge < -0.3 is 15.1 Å². The third kappa shape index (κ3) is 5.02. The molecule has 4 nitrogen and oxygen atoms in total. The van der Waals surface area contributed by atoms with Gasteiger partial charge in [0, 0.05) is 43.6 Å². The third-order valence-electron chi connectivity index (χ3n) is 5.86. The second-order valence-corrected chi connectivity index (χ2v) is 8.62. The van der Waals surface area contributed by atoms with Gasteiger partial charge >= 0.3 is 0 Å². The fourth-order valence-electron chi connectivity index (χ4n) is 4.15. The molecule has 0 bridgehead atoms. The number of carbonyl (C=O) groups is 1. The van der Waals surface area contributed by atoms with Crippen molar-refractivity contribution in [3.63, 3.8) is 0 Å². The molecule has 160 valence electrons. The number of halogens is 1. The molecular formula is C26H28ClN3O. The normalized spacial score (nSPS) is 13.6. The Morgan fingerprint density at radius 3 is 2.45 bits per heavy atom. The van der Waals surface area contributed by atoms with Crippen molar-refractivity contribution in [3.8, 4) is 0 Å². The van der Waals surface area contributed by atoms with E-state index in [9.17, 15) is 4.79 Å². The molecule has 0 aromatic heterocycles. The van der Waals surface area contributed by atoms with Crippen molar-refractivity contribution >= 4 is 28.9 Å². The molecule has 0 unspecified atom stereocenters. The molecule has 0 spiro atoms. The van der Waals surface area contributed by atoms with Gasteiger partial charge in [-0.15, -0.1) is 0 Å². The number of anilines is 2. The number of nitrogens with one attached hydrogen (secondary N) is 1. The smallest absolute Gasteiger partial charge is 0.224 e. The molecule has 1 aliphatic heterocycles. The zero-order valence-electron chi connectivity index (χ0n) is 18.0. The van der Waals surface area contributed by atoms with Crippen LogP contribution < -0.4 is 15.1 Å². The second-order valence-electron chi connectivity index (χ2n) is 8.18. The summed E-state index contributed by atoms with van der Waals surface area (Å²) in [5, 5.41) is 3.84. The van der Waals surface area contributed by atoms with Gasteiger partial charge in [0.1, 0.15) is 0 Å². The summed E-state index contributed by atoms with van der Waals surface area (Å²) < 4.78 is 0. The maximum atomic E-state index is 12.7. The standard InChI is InChI=1S/C26H28ClN3O/c1-29(2)23-13-9-21(10-14-23)25(30-16-15-20-5-3-4-6-24(20)30)18-28-26(31)17-19-7-11-22(27)12-8-19/h3-14,25H,15-18H2,1-2H3,(H,28,31)/t25-/m1/s1. The van der Waals surface area contributed by atoms with Gasteiger partial charge in [0.05, 0.1) is 12.5 Å². The summed E-state index contributed by atoms with van der Waals surface area (Å²) in [6.45, 7) is 1.51. The van der Waals surface area contributed by atoms with Crippen LogP contribution in [0.4, 0.5) is 11.4 Å². The second kappa shape index (κ2) is 9.44. The molecule has 0 aliphatic carbocycles. The quantitative estimate of drug-likeness (QED) is 0.577. The zero-order chi connectivity index (χ0) is 21.8. The van der Waals surface area contributed by atoms with Crippen molar-refractivity contribution in [1.29, 1.82) is 0 Å². The van der Waals surface area contributed by atoms with E-state index in [-0.39, 0.29) is 11.9 Å². The Morgan fingerprint density at radius 1 is 1.03 bits per heavy atom. The molecule has 3 aromatic rings. The molecule has 0 fully saturated rings. The SMILES string of the molecule is CN(C)c1ccc([C@@H](CNC(=O)Cc2ccc(Cl)cc2)N2CCc3ccccc32)cc1. The summed E-state index contributed by atoms with van der Waals surface area (Å²) in [6, 6.07) is 24.7. The van der Waals surface area contributed by atoms with Gasteiger partial charge in [-0.25, -0.2) is 0 Å². The fourth-order valence-corrected chi connectivity index (χ4v) is 4.28. The summed E-state index contributed by atoms with van der Waals surface area (Å²) in [5.41, 5.74) is 5.95. The molecular weight excluding hydrogens is 406 g/mol. The first-order chi connectivity index (χ1) is 15.0. The van der Waals surface area contributed by atoms with Gasteiger partial charge in [0.25, 0.3) is 0 Å². The first-order valence-electron chi connectivity index (χ1n) is 10.6. The molecule has 31 heavy (non-hydrogen) atoms. The molecule has 3 aromatic carbocycles. The molecule has 0 saturated carbocycles. The van der Waals surface area contributed by atoms with Gasteiger partial charge in [-0.05, 0) is 53.4 Å². The van der Waals surface area contributed by atoms with Crippen LogP contribution in [0.3, 0.4) is 0 Å². The predicted molar refractivity (Wildman–Crippen MR) is 129 cm³/mol. The Bertz CT molecular complexity index is 1030. The van der Waals surface area contributed by atoms with E-state index >= 15 is 0 Å². The van der Waals surface area contributed by atoms with E-state index in [1.165, 1.54) is 16.8 Å². The van der Waals surface area contributed by atoms with E-state index in [1.807, 2.05) is 38.4 Å². The summed E-state index contributed by atoms with van der Waals surface area (Å²) >= 11 is 5.95. The van der Waals surface area contributed by atoms with Crippen molar-refractivity contribution in [2.45, 2.75) is 18.9 Å². The average Bonchev–Trinajstić information content (AvgIpc) is 3.20. The van der Waals surface area contributed by atoms with E-state index in [0.29, 0.717) is 18.0 Å². The minimum absolute atomic E-state index is 0.0183. The van der Waals surface area contributed by atoms with E-state index in [2.05, 4.69) is 63.6 Å². The Hall–Kier alpha value is -2.98. The van der Waals surface area contributed by atoms with Crippen molar-refractivity contribution in [3.05, 3.63) is 94.5 Å². The lowest BCUT2D eigenvalue weighted by Gasteiger charge is -2.31. The lowest BCUT2D eigenvalue weighted by Crippen LogP contribution is -2.38. The van der Waals surface area contributed by atoms with Crippen LogP contribution in [0.25, 0.3) is 0 Å². The summed E-state index contributed by atoms with van der Waals surface area (Å²) in [6.07, 6.45) is 1.38. The van der Waals surface area contributed by atoms with Crippen LogP contribution in [-0.2, 0) is 17.6 Å². The maximum Gasteiger partial charge on any atom is 0.224 e. The van der Waals surface area contributed by atoms with Crippen LogP contribution in [0.15, 0.2) is 72.8 Å². The molecule has 1 heterocycles. The van der Waals surface area contributed by atoms with Crippen molar-refractivity contribution in [2.24, 2.45) is 0 Å². The number of amides is 1. The van der Waals surface area contributed by atoms with Crippen LogP contribution in [0.2, 0.25) is 5.02 Å². The van der Waals surface area contributed by atoms with Crippen LogP contribution in [0.5, 0.6) is 0 Å². The summed E-state index contributed by atoms with van der Waals surface area (Å²) in [4.78, 5) is 17.2. The molecule has 0 radical (unpaired) electrons. The highest BCUT2D eigenvalue weighted by Gasteiger charge is 2.27. The lowest BCUT2D eigenvalue weighted by molar-refractivity contribution is -0.120. The number of hydrogen-bond acceptors (Lipinski definition) is 3. The van der Waals surface area contributed by atoms with Crippen LogP contribution in [0.1, 0.15) is 22.7 Å². The van der Waals surface area contributed by atoms with E-state index in [4.69, 9.17) is 11.6 Å². The Kier molecular flexibility index (Phi) is 6.47. The number of benzene rings is 3. The van der Waals surface area contributed by atoms with E-state index < -0.39 is 0 Å². The number of fused-ring (bicyclic) bond motifs is 1. The van der Waals surface area contributed by atoms with Gasteiger partial charge in [0.15, 0.2) is 0 Å². The number of rotatable bonds is 7. The number of hydrogen-bond donors (Lipinski definition) is 1. The highest BCUT2D eigenvalue weighted by atomic mass is 35.5. The van der Waals surface area contributed by atoms with Gasteiger partial charge in [0.2, 0.25) is 5.91 Å². The van der Waals surface area contributed by atoms with Crippen molar-refractivity contribution in [1.82, 2.24) is 5.32 Å². The van der Waals surface area contributed by atoms with Crippen molar-refractivity contribution < 1.29 is 4.79 Å². The minimum atomic E-state index is 0.0183. The first kappa shape index (κ1) is 21.3. The number of para-hydroxylation sites is 1. The Labute approximate surface area is 189 Å². The molecule has 5 heteroatoms. The fraction of sp³-hybridized carbons (Fsp3) is 0.269. The van der Waals surface area contributed by atoms with Crippen LogP contribution in [-0.4, -0.2) is 33.1 Å². The topological polar surface area (TPSA) is 35.6 Å². The third-order valence-corrected chi connectivity index (χ3v) is 6.12. The maximum absolute atomic E-state index is 12.7. The Balaban J connectivity index is 1.52. The molecule has 0 saturated heterocycles. The zero-order valence-corrected chi connectivity index (χ0v) is 18.8. The summed E-state index contributed by atoms with van der Waals surface area (Å²) in [7, 11) is 4.08. The van der Waals surface area contributed by atoms with E-state index in [0.717, 1.165) is 24.2 Å². The van der Waals surface area contributed by atoms with Gasteiger partial charge in [-0.3, -0.25) is 4.79 Å². The average molecular weight is 434 g/mol. The summed E-state index contributed by atoms with van der Waals surface area (Å²) in [5.74, 6) is 0.0183. The largest absolute Gasteiger partial charge is 0.378 e. The van der Waals surface area contributed by atoms with Crippen LogP contribution in [0, 0.1) is 0 Å². The predicted octanol–water partition coefficient (Wildman–Crippen LogP) is 4.87. The minimum Gasteiger partial charge on any atom is -0.378 e.